The summed E-state index contributed by atoms with van der Waals surface area (Å²) in [6, 6.07) is 10.6. The van der Waals surface area contributed by atoms with E-state index in [1.54, 1.807) is 23.4 Å². The van der Waals surface area contributed by atoms with Crippen molar-refractivity contribution in [3.8, 4) is 0 Å². The molecular weight excluding hydrogens is 464 g/mol. The molecule has 0 spiro atoms. The predicted octanol–water partition coefficient (Wildman–Crippen LogP) is 2.95. The summed E-state index contributed by atoms with van der Waals surface area (Å²) in [5, 5.41) is 0. The number of rotatable bonds is 4. The highest BCUT2D eigenvalue weighted by Crippen LogP contribution is 2.29. The standard InChI is InChI=1S/C18H19BrN4O3S2/c1-13(23-12-20-14-4-2-3-5-15(14)23)18(24)21-8-10-22(11-9-21)28(25,26)17-7-6-16(19)27-17/h2-7,12-13H,8-11H2,1H3. The van der Waals surface area contributed by atoms with Crippen molar-refractivity contribution in [2.24, 2.45) is 0 Å². The van der Waals surface area contributed by atoms with Gasteiger partial charge in [-0.05, 0) is 47.1 Å². The fourth-order valence-electron chi connectivity index (χ4n) is 3.38. The van der Waals surface area contributed by atoms with E-state index in [2.05, 4.69) is 20.9 Å². The Balaban J connectivity index is 1.45. The first-order valence-corrected chi connectivity index (χ1v) is 11.9. The maximum atomic E-state index is 13.0. The summed E-state index contributed by atoms with van der Waals surface area (Å²) in [5.74, 6) is -0.0286. The smallest absolute Gasteiger partial charge is 0.252 e. The molecule has 0 bridgehead atoms. The van der Waals surface area contributed by atoms with Gasteiger partial charge in [0.2, 0.25) is 5.91 Å². The van der Waals surface area contributed by atoms with E-state index in [0.29, 0.717) is 30.4 Å². The molecule has 0 aliphatic carbocycles. The number of nitrogens with zero attached hydrogens (tertiary/aromatic N) is 4. The molecule has 1 saturated heterocycles. The minimum Gasteiger partial charge on any atom is -0.338 e. The van der Waals surface area contributed by atoms with Crippen LogP contribution in [0.15, 0.2) is 50.7 Å². The number of carbonyl (C=O) groups is 1. The van der Waals surface area contributed by atoms with E-state index in [1.807, 2.05) is 35.8 Å². The fraction of sp³-hybridized carbons (Fsp3) is 0.333. The van der Waals surface area contributed by atoms with Crippen LogP contribution in [0.3, 0.4) is 0 Å². The number of fused-ring (bicyclic) bond motifs is 1. The van der Waals surface area contributed by atoms with Crippen LogP contribution in [0.25, 0.3) is 11.0 Å². The van der Waals surface area contributed by atoms with Gasteiger partial charge in [0.25, 0.3) is 10.0 Å². The predicted molar refractivity (Wildman–Crippen MR) is 112 cm³/mol. The molecule has 10 heteroatoms. The quantitative estimate of drug-likeness (QED) is 0.572. The van der Waals surface area contributed by atoms with Gasteiger partial charge in [0.1, 0.15) is 10.3 Å². The third-order valence-electron chi connectivity index (χ3n) is 4.95. The van der Waals surface area contributed by atoms with Crippen LogP contribution >= 0.6 is 27.3 Å². The van der Waals surface area contributed by atoms with Crippen molar-refractivity contribution in [2.75, 3.05) is 26.2 Å². The summed E-state index contributed by atoms with van der Waals surface area (Å²) in [6.07, 6.45) is 1.68. The van der Waals surface area contributed by atoms with E-state index in [4.69, 9.17) is 0 Å². The maximum absolute atomic E-state index is 13.0. The maximum Gasteiger partial charge on any atom is 0.252 e. The lowest BCUT2D eigenvalue weighted by Crippen LogP contribution is -2.51. The zero-order valence-corrected chi connectivity index (χ0v) is 18.4. The minimum atomic E-state index is -3.51. The van der Waals surface area contributed by atoms with Crippen molar-refractivity contribution in [3.05, 3.63) is 46.5 Å². The topological polar surface area (TPSA) is 75.5 Å². The summed E-state index contributed by atoms with van der Waals surface area (Å²) in [7, 11) is -3.51. The number of hydrogen-bond donors (Lipinski definition) is 0. The highest BCUT2D eigenvalue weighted by Gasteiger charge is 2.32. The number of imidazole rings is 1. The number of sulfonamides is 1. The monoisotopic (exact) mass is 482 g/mol. The van der Waals surface area contributed by atoms with E-state index in [-0.39, 0.29) is 5.91 Å². The van der Waals surface area contributed by atoms with Crippen LogP contribution in [0.2, 0.25) is 0 Å². The van der Waals surface area contributed by atoms with Gasteiger partial charge in [0, 0.05) is 26.2 Å². The van der Waals surface area contributed by atoms with Gasteiger partial charge in [0.05, 0.1) is 21.1 Å². The highest BCUT2D eigenvalue weighted by molar-refractivity contribution is 9.11. The third-order valence-corrected chi connectivity index (χ3v) is 8.94. The van der Waals surface area contributed by atoms with Gasteiger partial charge in [-0.2, -0.15) is 4.31 Å². The van der Waals surface area contributed by atoms with Crippen LogP contribution < -0.4 is 0 Å². The molecule has 3 heterocycles. The molecule has 1 atom stereocenters. The Morgan fingerprint density at radius 2 is 1.86 bits per heavy atom. The summed E-state index contributed by atoms with van der Waals surface area (Å²) in [5.41, 5.74) is 1.76. The van der Waals surface area contributed by atoms with Crippen molar-refractivity contribution >= 4 is 54.2 Å². The molecular formula is C18H19BrN4O3S2. The molecule has 148 valence electrons. The highest BCUT2D eigenvalue weighted by atomic mass is 79.9. The molecule has 1 amide bonds. The average molecular weight is 483 g/mol. The number of para-hydroxylation sites is 2. The molecule has 1 aliphatic rings. The van der Waals surface area contributed by atoms with Gasteiger partial charge < -0.3 is 9.47 Å². The fourth-order valence-corrected chi connectivity index (χ4v) is 6.97. The summed E-state index contributed by atoms with van der Waals surface area (Å²) in [4.78, 5) is 19.1. The number of aromatic nitrogens is 2. The number of halogens is 1. The van der Waals surface area contributed by atoms with E-state index >= 15 is 0 Å². The van der Waals surface area contributed by atoms with Crippen molar-refractivity contribution in [1.82, 2.24) is 18.8 Å². The van der Waals surface area contributed by atoms with Crippen LogP contribution in [-0.2, 0) is 14.8 Å². The number of piperazine rings is 1. The molecule has 3 aromatic rings. The lowest BCUT2D eigenvalue weighted by atomic mass is 10.2. The summed E-state index contributed by atoms with van der Waals surface area (Å²) < 4.78 is 29.9. The molecule has 4 rings (SSSR count). The molecule has 1 fully saturated rings. The third kappa shape index (κ3) is 3.49. The van der Waals surface area contributed by atoms with Gasteiger partial charge in [-0.3, -0.25) is 4.79 Å². The molecule has 1 unspecified atom stereocenters. The molecule has 0 saturated carbocycles. The largest absolute Gasteiger partial charge is 0.338 e. The van der Waals surface area contributed by atoms with Crippen LogP contribution in [0.1, 0.15) is 13.0 Å². The number of amides is 1. The zero-order chi connectivity index (χ0) is 19.9. The number of hydrogen-bond acceptors (Lipinski definition) is 5. The summed E-state index contributed by atoms with van der Waals surface area (Å²) in [6.45, 7) is 3.19. The van der Waals surface area contributed by atoms with E-state index in [9.17, 15) is 13.2 Å². The molecule has 0 N–H and O–H groups in total. The van der Waals surface area contributed by atoms with Crippen molar-refractivity contribution in [2.45, 2.75) is 17.2 Å². The van der Waals surface area contributed by atoms with Gasteiger partial charge in [0.15, 0.2) is 0 Å². The van der Waals surface area contributed by atoms with E-state index < -0.39 is 16.1 Å². The first kappa shape index (κ1) is 19.6. The minimum absolute atomic E-state index is 0.0286. The Kier molecular flexibility index (Phi) is 5.30. The van der Waals surface area contributed by atoms with E-state index in [1.165, 1.54) is 15.6 Å². The normalized spacial score (nSPS) is 17.1. The second-order valence-corrected chi connectivity index (χ2v) is 11.2. The number of carbonyl (C=O) groups excluding carboxylic acids is 1. The van der Waals surface area contributed by atoms with Crippen LogP contribution in [0.5, 0.6) is 0 Å². The first-order valence-electron chi connectivity index (χ1n) is 8.84. The van der Waals surface area contributed by atoms with Gasteiger partial charge in [-0.15, -0.1) is 11.3 Å². The Morgan fingerprint density at radius 3 is 2.54 bits per heavy atom. The number of thiophene rings is 1. The van der Waals surface area contributed by atoms with Gasteiger partial charge >= 0.3 is 0 Å². The van der Waals surface area contributed by atoms with Crippen molar-refractivity contribution < 1.29 is 13.2 Å². The lowest BCUT2D eigenvalue weighted by molar-refractivity contribution is -0.135. The Labute approximate surface area is 175 Å². The van der Waals surface area contributed by atoms with Crippen molar-refractivity contribution in [1.29, 1.82) is 0 Å². The Morgan fingerprint density at radius 1 is 1.14 bits per heavy atom. The SMILES string of the molecule is CC(C(=O)N1CCN(S(=O)(=O)c2ccc(Br)s2)CC1)n1cnc2ccccc21. The second kappa shape index (κ2) is 7.58. The van der Waals surface area contributed by atoms with Crippen molar-refractivity contribution in [3.63, 3.8) is 0 Å². The second-order valence-electron chi connectivity index (χ2n) is 6.60. The summed E-state index contributed by atoms with van der Waals surface area (Å²) >= 11 is 4.50. The first-order chi connectivity index (χ1) is 13.4. The van der Waals surface area contributed by atoms with Crippen LogP contribution in [0.4, 0.5) is 0 Å². The van der Waals surface area contributed by atoms with E-state index in [0.717, 1.165) is 14.8 Å². The zero-order valence-electron chi connectivity index (χ0n) is 15.2. The molecule has 7 nitrogen and oxygen atoms in total. The molecule has 2 aromatic heterocycles. The number of benzene rings is 1. The lowest BCUT2D eigenvalue weighted by Gasteiger charge is -2.35. The van der Waals surface area contributed by atoms with Gasteiger partial charge in [-0.1, -0.05) is 12.1 Å². The molecule has 1 aliphatic heterocycles. The van der Waals surface area contributed by atoms with Crippen LogP contribution in [0, 0.1) is 0 Å². The molecule has 28 heavy (non-hydrogen) atoms. The molecule has 0 radical (unpaired) electrons. The van der Waals surface area contributed by atoms with Gasteiger partial charge in [-0.25, -0.2) is 13.4 Å². The average Bonchev–Trinajstić information content (AvgIpc) is 3.33. The molecule has 1 aromatic carbocycles. The Hall–Kier alpha value is -1.75. The van der Waals surface area contributed by atoms with Crippen LogP contribution in [-0.4, -0.2) is 59.3 Å². The Bertz CT molecular complexity index is 1120.